The molecule has 1 heterocycles. The van der Waals surface area contributed by atoms with E-state index in [0.717, 1.165) is 11.3 Å². The highest BCUT2D eigenvalue weighted by Crippen LogP contribution is 2.25. The Morgan fingerprint density at radius 3 is 2.21 bits per heavy atom. The molecule has 1 aromatic heterocycles. The second kappa shape index (κ2) is 5.30. The van der Waals surface area contributed by atoms with Crippen LogP contribution >= 0.6 is 0 Å². The van der Waals surface area contributed by atoms with E-state index in [2.05, 4.69) is 20.6 Å². The number of hydrogen-bond acceptors (Lipinski definition) is 4. The number of nitrogens with zero attached hydrogens (tertiary/aromatic N) is 3. The average molecular weight is 252 g/mol. The Hall–Kier alpha value is -2.69. The summed E-state index contributed by atoms with van der Waals surface area (Å²) in [6.45, 7) is 0. The minimum Gasteiger partial charge on any atom is -0.478 e. The Morgan fingerprint density at radius 1 is 0.895 bits per heavy atom. The molecule has 5 heteroatoms. The van der Waals surface area contributed by atoms with Crippen LogP contribution in [0.3, 0.4) is 0 Å². The summed E-state index contributed by atoms with van der Waals surface area (Å²) in [5.41, 5.74) is 0.979. The van der Waals surface area contributed by atoms with Crippen molar-refractivity contribution >= 4 is 0 Å². The second-order valence-electron chi connectivity index (χ2n) is 3.99. The van der Waals surface area contributed by atoms with Gasteiger partial charge in [0.05, 0.1) is 0 Å². The van der Waals surface area contributed by atoms with Crippen molar-refractivity contribution in [1.29, 1.82) is 0 Å². The summed E-state index contributed by atoms with van der Waals surface area (Å²) in [7, 11) is 0. The Balaban J connectivity index is 1.94. The molecule has 0 bridgehead atoms. The van der Waals surface area contributed by atoms with E-state index in [4.69, 9.17) is 4.74 Å². The van der Waals surface area contributed by atoms with E-state index in [1.165, 1.54) is 0 Å². The fourth-order valence-electron chi connectivity index (χ4n) is 1.81. The van der Waals surface area contributed by atoms with Gasteiger partial charge in [-0.1, -0.05) is 53.7 Å². The maximum atomic E-state index is 5.96. The van der Waals surface area contributed by atoms with Gasteiger partial charge in [0, 0.05) is 5.56 Å². The highest BCUT2D eigenvalue weighted by atomic mass is 16.5. The quantitative estimate of drug-likeness (QED) is 0.774. The van der Waals surface area contributed by atoms with Gasteiger partial charge >= 0.3 is 0 Å². The molecule has 0 aliphatic rings. The van der Waals surface area contributed by atoms with Gasteiger partial charge in [-0.25, -0.2) is 0 Å². The molecule has 1 atom stereocenters. The molecule has 0 spiro atoms. The maximum absolute atomic E-state index is 5.96. The third kappa shape index (κ3) is 2.60. The maximum Gasteiger partial charge on any atom is 0.219 e. The molecule has 0 aliphatic heterocycles. The van der Waals surface area contributed by atoms with Crippen LogP contribution in [-0.2, 0) is 0 Å². The van der Waals surface area contributed by atoms with Gasteiger partial charge in [0.1, 0.15) is 5.75 Å². The highest BCUT2D eigenvalue weighted by molar-refractivity contribution is 5.27. The molecule has 2 aromatic carbocycles. The minimum absolute atomic E-state index is 0.373. The van der Waals surface area contributed by atoms with Gasteiger partial charge in [0.15, 0.2) is 6.10 Å². The summed E-state index contributed by atoms with van der Waals surface area (Å²) in [6, 6.07) is 19.4. The second-order valence-corrected chi connectivity index (χ2v) is 3.99. The standard InChI is InChI=1S/C14H12N4O/c1-3-7-11(8-4-1)13(14-15-17-18-16-14)19-12-9-5-2-6-10-12/h1-10,13H,(H,15,16,17,18). The SMILES string of the molecule is c1ccc(OC(c2ccccc2)c2nn[nH]n2)cc1. The van der Waals surface area contributed by atoms with Crippen molar-refractivity contribution in [3.63, 3.8) is 0 Å². The first kappa shape index (κ1) is 11.4. The molecule has 94 valence electrons. The van der Waals surface area contributed by atoms with Crippen LogP contribution in [0, 0.1) is 0 Å². The van der Waals surface area contributed by atoms with Crippen molar-refractivity contribution in [1.82, 2.24) is 20.6 Å². The number of para-hydroxylation sites is 1. The number of rotatable bonds is 4. The number of H-pyrrole nitrogens is 1. The lowest BCUT2D eigenvalue weighted by Crippen LogP contribution is -2.11. The molecule has 1 N–H and O–H groups in total. The Kier molecular flexibility index (Phi) is 3.18. The van der Waals surface area contributed by atoms with Crippen molar-refractivity contribution < 1.29 is 4.74 Å². The van der Waals surface area contributed by atoms with Gasteiger partial charge < -0.3 is 4.74 Å². The number of tetrazole rings is 1. The van der Waals surface area contributed by atoms with Gasteiger partial charge in [-0.05, 0) is 12.1 Å². The first-order valence-electron chi connectivity index (χ1n) is 5.93. The predicted molar refractivity (Wildman–Crippen MR) is 69.5 cm³/mol. The molecule has 0 aliphatic carbocycles. The molecule has 0 saturated carbocycles. The summed E-state index contributed by atoms with van der Waals surface area (Å²) in [5, 5.41) is 14.1. The molecule has 1 unspecified atom stereocenters. The Morgan fingerprint density at radius 2 is 1.58 bits per heavy atom. The van der Waals surface area contributed by atoms with Crippen molar-refractivity contribution in [3.8, 4) is 5.75 Å². The molecule has 19 heavy (non-hydrogen) atoms. The molecule has 0 saturated heterocycles. The first-order valence-corrected chi connectivity index (χ1v) is 5.93. The summed E-state index contributed by atoms with van der Waals surface area (Å²) < 4.78 is 5.96. The van der Waals surface area contributed by atoms with Crippen LogP contribution in [0.25, 0.3) is 0 Å². The Labute approximate surface area is 110 Å². The third-order valence-electron chi connectivity index (χ3n) is 2.70. The fourth-order valence-corrected chi connectivity index (χ4v) is 1.81. The van der Waals surface area contributed by atoms with Gasteiger partial charge in [-0.2, -0.15) is 5.21 Å². The molecular weight excluding hydrogens is 240 g/mol. The zero-order chi connectivity index (χ0) is 12.9. The van der Waals surface area contributed by atoms with E-state index in [9.17, 15) is 0 Å². The third-order valence-corrected chi connectivity index (χ3v) is 2.70. The van der Waals surface area contributed by atoms with Crippen molar-refractivity contribution in [2.24, 2.45) is 0 Å². The molecular formula is C14H12N4O. The van der Waals surface area contributed by atoms with Crippen LogP contribution in [0.1, 0.15) is 17.5 Å². The van der Waals surface area contributed by atoms with E-state index in [1.807, 2.05) is 60.7 Å². The summed E-state index contributed by atoms with van der Waals surface area (Å²) in [6.07, 6.45) is -0.373. The van der Waals surface area contributed by atoms with Crippen molar-refractivity contribution in [2.75, 3.05) is 0 Å². The van der Waals surface area contributed by atoms with E-state index in [0.29, 0.717) is 5.82 Å². The van der Waals surface area contributed by atoms with Crippen LogP contribution in [-0.4, -0.2) is 20.6 Å². The minimum atomic E-state index is -0.373. The van der Waals surface area contributed by atoms with Gasteiger partial charge in [-0.3, -0.25) is 0 Å². The fraction of sp³-hybridized carbons (Fsp3) is 0.0714. The molecule has 3 aromatic rings. The molecule has 0 amide bonds. The smallest absolute Gasteiger partial charge is 0.219 e. The monoisotopic (exact) mass is 252 g/mol. The molecule has 5 nitrogen and oxygen atoms in total. The zero-order valence-electron chi connectivity index (χ0n) is 10.1. The summed E-state index contributed by atoms with van der Waals surface area (Å²) >= 11 is 0. The predicted octanol–water partition coefficient (Wildman–Crippen LogP) is 2.37. The zero-order valence-corrected chi connectivity index (χ0v) is 10.1. The molecule has 0 radical (unpaired) electrons. The lowest BCUT2D eigenvalue weighted by atomic mass is 10.1. The highest BCUT2D eigenvalue weighted by Gasteiger charge is 2.20. The summed E-state index contributed by atoms with van der Waals surface area (Å²) in [4.78, 5) is 0. The number of benzene rings is 2. The van der Waals surface area contributed by atoms with Crippen LogP contribution < -0.4 is 4.74 Å². The normalized spacial score (nSPS) is 12.0. The number of aromatic nitrogens is 4. The van der Waals surface area contributed by atoms with Crippen LogP contribution in [0.2, 0.25) is 0 Å². The van der Waals surface area contributed by atoms with E-state index < -0.39 is 0 Å². The molecule has 0 fully saturated rings. The first-order chi connectivity index (χ1) is 9.43. The van der Waals surface area contributed by atoms with E-state index >= 15 is 0 Å². The van der Waals surface area contributed by atoms with E-state index in [-0.39, 0.29) is 6.10 Å². The van der Waals surface area contributed by atoms with Crippen LogP contribution in [0.4, 0.5) is 0 Å². The van der Waals surface area contributed by atoms with Gasteiger partial charge in [0.25, 0.3) is 0 Å². The van der Waals surface area contributed by atoms with E-state index in [1.54, 1.807) is 0 Å². The summed E-state index contributed by atoms with van der Waals surface area (Å²) in [5.74, 6) is 1.27. The number of hydrogen-bond donors (Lipinski definition) is 1. The number of ether oxygens (including phenoxy) is 1. The Bertz CT molecular complexity index is 610. The average Bonchev–Trinajstić information content (AvgIpc) is 3.01. The largest absolute Gasteiger partial charge is 0.478 e. The van der Waals surface area contributed by atoms with Crippen molar-refractivity contribution in [3.05, 3.63) is 72.1 Å². The van der Waals surface area contributed by atoms with Crippen LogP contribution in [0.15, 0.2) is 60.7 Å². The lowest BCUT2D eigenvalue weighted by Gasteiger charge is -2.16. The lowest BCUT2D eigenvalue weighted by molar-refractivity contribution is 0.237. The van der Waals surface area contributed by atoms with Gasteiger partial charge in [0.2, 0.25) is 5.82 Å². The van der Waals surface area contributed by atoms with Crippen molar-refractivity contribution in [2.45, 2.75) is 6.10 Å². The van der Waals surface area contributed by atoms with Gasteiger partial charge in [-0.15, -0.1) is 10.2 Å². The topological polar surface area (TPSA) is 63.7 Å². The molecule has 3 rings (SSSR count). The number of nitrogens with one attached hydrogen (secondary N) is 1. The van der Waals surface area contributed by atoms with Crippen LogP contribution in [0.5, 0.6) is 5.75 Å². The number of aromatic amines is 1.